The van der Waals surface area contributed by atoms with Crippen LogP contribution in [0.1, 0.15) is 6.42 Å². The smallest absolute Gasteiger partial charge is 0.328 e. The number of carboxylic acids is 1. The van der Waals surface area contributed by atoms with Crippen molar-refractivity contribution in [2.45, 2.75) is 6.42 Å². The molecule has 14 heavy (non-hydrogen) atoms. The third-order valence-electron chi connectivity index (χ3n) is 1.68. The van der Waals surface area contributed by atoms with Crippen molar-refractivity contribution >= 4 is 11.9 Å². The molecule has 0 aliphatic heterocycles. The number of rotatable bonds is 6. The molecule has 0 aromatic rings. The third kappa shape index (κ3) is 7.30. The molecule has 0 aromatic carbocycles. The average molecular weight is 200 g/mol. The number of hydrogen-bond acceptors (Lipinski definition) is 3. The summed E-state index contributed by atoms with van der Waals surface area (Å²) in [6.07, 6.45) is 3.07. The number of carbonyl (C=O) groups is 2. The van der Waals surface area contributed by atoms with Gasteiger partial charge in [0.2, 0.25) is 5.91 Å². The molecule has 0 unspecified atom stereocenters. The molecule has 0 spiro atoms. The summed E-state index contributed by atoms with van der Waals surface area (Å²) in [7, 11) is 3.42. The minimum atomic E-state index is -0.954. The Morgan fingerprint density at radius 1 is 1.50 bits per heavy atom. The maximum atomic E-state index is 10.8. The molecule has 0 radical (unpaired) electrons. The molecule has 0 aliphatic rings. The lowest BCUT2D eigenvalue weighted by molar-refractivity contribution is -0.131. The molecule has 0 rings (SSSR count). The number of carboxylic acid groups (broad SMARTS) is 1. The minimum absolute atomic E-state index is 0.0148. The number of nitrogens with one attached hydrogen (secondary N) is 1. The van der Waals surface area contributed by atoms with Crippen LogP contribution in [0.5, 0.6) is 0 Å². The first-order chi connectivity index (χ1) is 6.56. The summed E-state index contributed by atoms with van der Waals surface area (Å²) >= 11 is 0. The molecular formula is C9H16N2O3. The van der Waals surface area contributed by atoms with E-state index in [1.54, 1.807) is 13.1 Å². The number of likely N-dealkylation sites (N-methyl/N-ethyl adjacent to an activating group) is 1. The lowest BCUT2D eigenvalue weighted by atomic mass is 10.3. The van der Waals surface area contributed by atoms with E-state index in [1.165, 1.54) is 0 Å². The molecular weight excluding hydrogens is 184 g/mol. The van der Waals surface area contributed by atoms with E-state index >= 15 is 0 Å². The van der Waals surface area contributed by atoms with E-state index in [2.05, 4.69) is 5.32 Å². The van der Waals surface area contributed by atoms with Gasteiger partial charge in [-0.25, -0.2) is 4.79 Å². The van der Waals surface area contributed by atoms with Gasteiger partial charge in [-0.05, 0) is 7.05 Å². The van der Waals surface area contributed by atoms with Gasteiger partial charge in [-0.15, -0.1) is 0 Å². The summed E-state index contributed by atoms with van der Waals surface area (Å²) < 4.78 is 0. The number of amides is 1. The highest BCUT2D eigenvalue weighted by Crippen LogP contribution is 1.88. The Balaban J connectivity index is 3.60. The van der Waals surface area contributed by atoms with E-state index in [-0.39, 0.29) is 5.91 Å². The Bertz CT molecular complexity index is 226. The highest BCUT2D eigenvalue weighted by Gasteiger charge is 2.00. The Morgan fingerprint density at radius 3 is 2.64 bits per heavy atom. The van der Waals surface area contributed by atoms with Crippen LogP contribution in [0.15, 0.2) is 12.2 Å². The second kappa shape index (κ2) is 7.08. The first kappa shape index (κ1) is 12.6. The van der Waals surface area contributed by atoms with Crippen LogP contribution in [0.2, 0.25) is 0 Å². The van der Waals surface area contributed by atoms with Crippen molar-refractivity contribution in [2.75, 3.05) is 27.2 Å². The van der Waals surface area contributed by atoms with Gasteiger partial charge in [-0.1, -0.05) is 6.08 Å². The summed E-state index contributed by atoms with van der Waals surface area (Å²) in [6.45, 7) is 1.15. The Labute approximate surface area is 83.4 Å². The second-order valence-corrected chi connectivity index (χ2v) is 2.93. The van der Waals surface area contributed by atoms with Gasteiger partial charge in [0.05, 0.1) is 0 Å². The second-order valence-electron chi connectivity index (χ2n) is 2.93. The van der Waals surface area contributed by atoms with Crippen molar-refractivity contribution in [2.24, 2.45) is 0 Å². The highest BCUT2D eigenvalue weighted by molar-refractivity contribution is 5.79. The monoisotopic (exact) mass is 200 g/mol. The lowest BCUT2D eigenvalue weighted by Gasteiger charge is -2.12. The fourth-order valence-electron chi connectivity index (χ4n) is 0.842. The third-order valence-corrected chi connectivity index (χ3v) is 1.68. The van der Waals surface area contributed by atoms with Gasteiger partial charge >= 0.3 is 5.97 Å². The fourth-order valence-corrected chi connectivity index (χ4v) is 0.842. The van der Waals surface area contributed by atoms with Crippen LogP contribution >= 0.6 is 0 Å². The van der Waals surface area contributed by atoms with E-state index in [9.17, 15) is 9.59 Å². The Kier molecular flexibility index (Phi) is 6.39. The zero-order chi connectivity index (χ0) is 11.0. The molecule has 1 amide bonds. The Morgan fingerprint density at radius 2 is 2.14 bits per heavy atom. The summed E-state index contributed by atoms with van der Waals surface area (Å²) in [5, 5.41) is 10.8. The van der Waals surface area contributed by atoms with Gasteiger partial charge in [-0.2, -0.15) is 0 Å². The summed E-state index contributed by atoms with van der Waals surface area (Å²) in [5.74, 6) is -0.969. The Hall–Kier alpha value is -1.36. The number of nitrogens with zero attached hydrogens (tertiary/aromatic N) is 1. The molecule has 0 aliphatic carbocycles. The molecule has 0 saturated heterocycles. The van der Waals surface area contributed by atoms with Crippen molar-refractivity contribution in [3.63, 3.8) is 0 Å². The molecule has 0 heterocycles. The van der Waals surface area contributed by atoms with Crippen molar-refractivity contribution in [3.8, 4) is 0 Å². The van der Waals surface area contributed by atoms with Crippen LogP contribution in [0.3, 0.4) is 0 Å². The van der Waals surface area contributed by atoms with Crippen molar-refractivity contribution in [1.29, 1.82) is 0 Å². The van der Waals surface area contributed by atoms with Crippen LogP contribution in [0.25, 0.3) is 0 Å². The zero-order valence-electron chi connectivity index (χ0n) is 8.49. The summed E-state index contributed by atoms with van der Waals surface area (Å²) in [6, 6.07) is 0. The normalized spacial score (nSPS) is 10.8. The fraction of sp³-hybridized carbons (Fsp3) is 0.556. The molecule has 5 nitrogen and oxygen atoms in total. The maximum absolute atomic E-state index is 10.8. The van der Waals surface area contributed by atoms with Gasteiger partial charge in [0.1, 0.15) is 0 Å². The van der Waals surface area contributed by atoms with E-state index in [0.717, 1.165) is 6.08 Å². The first-order valence-electron chi connectivity index (χ1n) is 4.35. The topological polar surface area (TPSA) is 69.6 Å². The van der Waals surface area contributed by atoms with Gasteiger partial charge in [0.15, 0.2) is 0 Å². The van der Waals surface area contributed by atoms with Crippen LogP contribution in [0, 0.1) is 0 Å². The van der Waals surface area contributed by atoms with Crippen molar-refractivity contribution in [1.82, 2.24) is 10.2 Å². The van der Waals surface area contributed by atoms with E-state index in [1.807, 2.05) is 11.9 Å². The highest BCUT2D eigenvalue weighted by atomic mass is 16.4. The maximum Gasteiger partial charge on any atom is 0.328 e. The van der Waals surface area contributed by atoms with E-state index in [0.29, 0.717) is 19.5 Å². The van der Waals surface area contributed by atoms with E-state index < -0.39 is 5.97 Å². The zero-order valence-corrected chi connectivity index (χ0v) is 8.49. The van der Waals surface area contributed by atoms with E-state index in [4.69, 9.17) is 5.11 Å². The number of hydrogen-bond donors (Lipinski definition) is 2. The standard InChI is InChI=1S/C9H16N2O3/c1-10-8(12)5-7-11(2)6-3-4-9(13)14/h3-4H,5-7H2,1-2H3,(H,10,12)(H,13,14)/b4-3+. The van der Waals surface area contributed by atoms with Gasteiger partial charge < -0.3 is 15.3 Å². The van der Waals surface area contributed by atoms with Crippen LogP contribution < -0.4 is 5.32 Å². The van der Waals surface area contributed by atoms with Crippen LogP contribution in [-0.2, 0) is 9.59 Å². The summed E-state index contributed by atoms with van der Waals surface area (Å²) in [5.41, 5.74) is 0. The molecule has 0 saturated carbocycles. The summed E-state index contributed by atoms with van der Waals surface area (Å²) in [4.78, 5) is 22.8. The molecule has 5 heteroatoms. The van der Waals surface area contributed by atoms with Crippen LogP contribution in [-0.4, -0.2) is 49.1 Å². The lowest BCUT2D eigenvalue weighted by Crippen LogP contribution is -2.26. The number of carbonyl (C=O) groups excluding carboxylic acids is 1. The van der Waals surface area contributed by atoms with Gasteiger partial charge in [0, 0.05) is 32.6 Å². The molecule has 2 N–H and O–H groups in total. The SMILES string of the molecule is CNC(=O)CCN(C)C/C=C/C(=O)O. The molecule has 0 fully saturated rings. The minimum Gasteiger partial charge on any atom is -0.478 e. The largest absolute Gasteiger partial charge is 0.478 e. The van der Waals surface area contributed by atoms with Crippen molar-refractivity contribution < 1.29 is 14.7 Å². The molecule has 80 valence electrons. The molecule has 0 aromatic heterocycles. The number of aliphatic carboxylic acids is 1. The van der Waals surface area contributed by atoms with Crippen LogP contribution in [0.4, 0.5) is 0 Å². The molecule has 0 atom stereocenters. The van der Waals surface area contributed by atoms with Gasteiger partial charge in [0.25, 0.3) is 0 Å². The van der Waals surface area contributed by atoms with Gasteiger partial charge in [-0.3, -0.25) is 4.79 Å². The quantitative estimate of drug-likeness (QED) is 0.577. The predicted octanol–water partition coefficient (Wildman–Crippen LogP) is -0.305. The molecule has 0 bridgehead atoms. The van der Waals surface area contributed by atoms with Crippen molar-refractivity contribution in [3.05, 3.63) is 12.2 Å². The first-order valence-corrected chi connectivity index (χ1v) is 4.35. The predicted molar refractivity (Wildman–Crippen MR) is 53.0 cm³/mol. The average Bonchev–Trinajstić information content (AvgIpc) is 2.13.